The van der Waals surface area contributed by atoms with E-state index in [9.17, 15) is 5.11 Å². The van der Waals surface area contributed by atoms with E-state index in [4.69, 9.17) is 15.6 Å². The minimum atomic E-state index is -1.27. The van der Waals surface area contributed by atoms with Crippen LogP contribution in [0, 0.1) is 6.92 Å². The molecule has 4 N–H and O–H groups in total. The monoisotopic (exact) mass is 211 g/mol. The van der Waals surface area contributed by atoms with Crippen molar-refractivity contribution in [3.63, 3.8) is 0 Å². The number of rotatable bonds is 3. The van der Waals surface area contributed by atoms with Crippen molar-refractivity contribution in [1.29, 1.82) is 0 Å². The molecule has 0 saturated heterocycles. The van der Waals surface area contributed by atoms with Gasteiger partial charge in [0.15, 0.2) is 0 Å². The Balaban J connectivity index is 3.28. The molecule has 0 saturated carbocycles. The Kier molecular flexibility index (Phi) is 3.21. The smallest absolute Gasteiger partial charge is 0.142 e. The molecule has 0 aliphatic heterocycles. The third-order valence-electron chi connectivity index (χ3n) is 2.50. The Morgan fingerprint density at radius 3 is 2.53 bits per heavy atom. The van der Waals surface area contributed by atoms with E-state index in [0.717, 1.165) is 5.56 Å². The Morgan fingerprint density at radius 1 is 1.47 bits per heavy atom. The van der Waals surface area contributed by atoms with E-state index in [1.807, 2.05) is 6.92 Å². The summed E-state index contributed by atoms with van der Waals surface area (Å²) in [4.78, 5) is 0. The van der Waals surface area contributed by atoms with Crippen molar-refractivity contribution >= 4 is 5.69 Å². The van der Waals surface area contributed by atoms with Crippen LogP contribution in [-0.2, 0) is 5.60 Å². The summed E-state index contributed by atoms with van der Waals surface area (Å²) >= 11 is 0. The second-order valence-electron chi connectivity index (χ2n) is 3.84. The normalized spacial score (nSPS) is 14.7. The van der Waals surface area contributed by atoms with Gasteiger partial charge in [0.2, 0.25) is 0 Å². The predicted molar refractivity (Wildman–Crippen MR) is 58.8 cm³/mol. The average molecular weight is 211 g/mol. The summed E-state index contributed by atoms with van der Waals surface area (Å²) in [6.45, 7) is 3.02. The number of anilines is 1. The summed E-state index contributed by atoms with van der Waals surface area (Å²) in [5, 5.41) is 18.9. The van der Waals surface area contributed by atoms with Crippen molar-refractivity contribution in [2.75, 3.05) is 19.5 Å². The van der Waals surface area contributed by atoms with E-state index in [1.54, 1.807) is 12.1 Å². The highest BCUT2D eigenvalue weighted by molar-refractivity contribution is 5.60. The lowest BCUT2D eigenvalue weighted by Gasteiger charge is -2.22. The van der Waals surface area contributed by atoms with E-state index in [0.29, 0.717) is 17.0 Å². The number of hydrogen-bond acceptors (Lipinski definition) is 4. The average Bonchev–Trinajstić information content (AvgIpc) is 2.21. The van der Waals surface area contributed by atoms with Crippen molar-refractivity contribution in [2.24, 2.45) is 0 Å². The number of nitrogen functional groups attached to an aromatic ring is 1. The Bertz CT molecular complexity index is 361. The minimum Gasteiger partial charge on any atom is -0.495 e. The second-order valence-corrected chi connectivity index (χ2v) is 3.84. The van der Waals surface area contributed by atoms with Crippen LogP contribution >= 0.6 is 0 Å². The van der Waals surface area contributed by atoms with Gasteiger partial charge in [-0.05, 0) is 31.0 Å². The molecule has 15 heavy (non-hydrogen) atoms. The molecule has 1 atom stereocenters. The highest BCUT2D eigenvalue weighted by Gasteiger charge is 2.23. The molecule has 4 nitrogen and oxygen atoms in total. The van der Waals surface area contributed by atoms with Gasteiger partial charge in [0, 0.05) is 0 Å². The van der Waals surface area contributed by atoms with Crippen molar-refractivity contribution in [3.8, 4) is 5.75 Å². The fourth-order valence-corrected chi connectivity index (χ4v) is 1.34. The van der Waals surface area contributed by atoms with Crippen LogP contribution in [0.15, 0.2) is 12.1 Å². The van der Waals surface area contributed by atoms with E-state index in [1.165, 1.54) is 14.0 Å². The molecule has 0 aliphatic rings. The molecule has 1 aromatic carbocycles. The number of ether oxygens (including phenoxy) is 1. The first-order valence-corrected chi connectivity index (χ1v) is 4.70. The van der Waals surface area contributed by atoms with Crippen LogP contribution in [0.4, 0.5) is 5.69 Å². The number of nitrogens with two attached hydrogens (primary N) is 1. The quantitative estimate of drug-likeness (QED) is 0.646. The van der Waals surface area contributed by atoms with Gasteiger partial charge in [-0.1, -0.05) is 6.07 Å². The highest BCUT2D eigenvalue weighted by Crippen LogP contribution is 2.31. The van der Waals surface area contributed by atoms with Gasteiger partial charge in [-0.2, -0.15) is 0 Å². The molecule has 0 spiro atoms. The fraction of sp³-hybridized carbons (Fsp3) is 0.455. The SMILES string of the molecule is COc1cc(C(C)(O)CO)cc(C)c1N. The van der Waals surface area contributed by atoms with E-state index >= 15 is 0 Å². The van der Waals surface area contributed by atoms with Gasteiger partial charge in [-0.15, -0.1) is 0 Å². The lowest BCUT2D eigenvalue weighted by molar-refractivity contribution is -0.00244. The molecule has 0 heterocycles. The van der Waals surface area contributed by atoms with E-state index in [2.05, 4.69) is 0 Å². The molecule has 0 bridgehead atoms. The van der Waals surface area contributed by atoms with Gasteiger partial charge < -0.3 is 20.7 Å². The van der Waals surface area contributed by atoms with Crippen LogP contribution in [0.1, 0.15) is 18.1 Å². The molecule has 4 heteroatoms. The van der Waals surface area contributed by atoms with E-state index < -0.39 is 5.60 Å². The molecule has 0 fully saturated rings. The zero-order valence-electron chi connectivity index (χ0n) is 9.24. The van der Waals surface area contributed by atoms with Crippen LogP contribution in [0.5, 0.6) is 5.75 Å². The predicted octanol–water partition coefficient (Wildman–Crippen LogP) is 0.786. The summed E-state index contributed by atoms with van der Waals surface area (Å²) in [6, 6.07) is 3.38. The Morgan fingerprint density at radius 2 is 2.07 bits per heavy atom. The number of aliphatic hydroxyl groups is 2. The van der Waals surface area contributed by atoms with Crippen molar-refractivity contribution < 1.29 is 14.9 Å². The number of methoxy groups -OCH3 is 1. The maximum absolute atomic E-state index is 9.88. The first-order chi connectivity index (χ1) is 6.92. The summed E-state index contributed by atoms with van der Waals surface area (Å²) in [7, 11) is 1.52. The third kappa shape index (κ3) is 2.22. The van der Waals surface area contributed by atoms with Crippen molar-refractivity contribution in [3.05, 3.63) is 23.3 Å². The number of aliphatic hydroxyl groups excluding tert-OH is 1. The Hall–Kier alpha value is -1.26. The van der Waals surface area contributed by atoms with Crippen molar-refractivity contribution in [2.45, 2.75) is 19.4 Å². The molecule has 1 aromatic rings. The highest BCUT2D eigenvalue weighted by atomic mass is 16.5. The molecule has 0 aliphatic carbocycles. The van der Waals surface area contributed by atoms with Crippen LogP contribution in [0.2, 0.25) is 0 Å². The molecule has 84 valence electrons. The van der Waals surface area contributed by atoms with Gasteiger partial charge >= 0.3 is 0 Å². The number of benzene rings is 1. The van der Waals surface area contributed by atoms with Crippen LogP contribution in [0.3, 0.4) is 0 Å². The molecular formula is C11H17NO3. The summed E-state index contributed by atoms with van der Waals surface area (Å²) < 4.78 is 5.09. The Labute approximate surface area is 89.3 Å². The lowest BCUT2D eigenvalue weighted by atomic mass is 9.94. The first kappa shape index (κ1) is 11.8. The van der Waals surface area contributed by atoms with E-state index in [-0.39, 0.29) is 6.61 Å². The van der Waals surface area contributed by atoms with Crippen molar-refractivity contribution in [1.82, 2.24) is 0 Å². The molecular weight excluding hydrogens is 194 g/mol. The van der Waals surface area contributed by atoms with Crippen LogP contribution < -0.4 is 10.5 Å². The largest absolute Gasteiger partial charge is 0.495 e. The maximum Gasteiger partial charge on any atom is 0.142 e. The standard InChI is InChI=1S/C11H17NO3/c1-7-4-8(11(2,14)6-13)5-9(15-3)10(7)12/h4-5,13-14H,6,12H2,1-3H3. The van der Waals surface area contributed by atoms with Gasteiger partial charge in [-0.25, -0.2) is 0 Å². The zero-order valence-corrected chi connectivity index (χ0v) is 9.24. The number of hydrogen-bond donors (Lipinski definition) is 3. The van der Waals surface area contributed by atoms with Crippen LogP contribution in [0.25, 0.3) is 0 Å². The first-order valence-electron chi connectivity index (χ1n) is 4.70. The minimum absolute atomic E-state index is 0.348. The molecule has 1 rings (SSSR count). The summed E-state index contributed by atoms with van der Waals surface area (Å²) in [6.07, 6.45) is 0. The summed E-state index contributed by atoms with van der Waals surface area (Å²) in [5.41, 5.74) is 6.47. The molecule has 0 radical (unpaired) electrons. The van der Waals surface area contributed by atoms with Gasteiger partial charge in [0.1, 0.15) is 11.4 Å². The third-order valence-corrected chi connectivity index (χ3v) is 2.50. The lowest BCUT2D eigenvalue weighted by Crippen LogP contribution is -2.26. The topological polar surface area (TPSA) is 75.7 Å². The molecule has 0 amide bonds. The summed E-state index contributed by atoms with van der Waals surface area (Å²) in [5.74, 6) is 0.513. The van der Waals surface area contributed by atoms with Gasteiger partial charge in [0.25, 0.3) is 0 Å². The molecule has 0 aromatic heterocycles. The van der Waals surface area contributed by atoms with Gasteiger partial charge in [-0.3, -0.25) is 0 Å². The molecule has 1 unspecified atom stereocenters. The zero-order chi connectivity index (χ0) is 11.6. The van der Waals surface area contributed by atoms with Gasteiger partial charge in [0.05, 0.1) is 19.4 Å². The van der Waals surface area contributed by atoms with Crippen LogP contribution in [-0.4, -0.2) is 23.9 Å². The fourth-order valence-electron chi connectivity index (χ4n) is 1.34. The second kappa shape index (κ2) is 4.08. The number of aryl methyl sites for hydroxylation is 1. The maximum atomic E-state index is 9.88.